The number of rotatable bonds is 0. The first kappa shape index (κ1) is 3.71. The summed E-state index contributed by atoms with van der Waals surface area (Å²) in [5.41, 5.74) is 1.80. The Labute approximate surface area is 49.6 Å². The Morgan fingerprint density at radius 2 is 2.38 bits per heavy atom. The monoisotopic (exact) mass is 106 g/mol. The van der Waals surface area contributed by atoms with Crippen molar-refractivity contribution in [3.05, 3.63) is 11.6 Å². The second kappa shape index (κ2) is 0.792. The van der Waals surface area contributed by atoms with E-state index in [9.17, 15) is 0 Å². The molecule has 0 heteroatoms. The Morgan fingerprint density at radius 3 is 2.62 bits per heavy atom. The van der Waals surface area contributed by atoms with Crippen LogP contribution in [0.4, 0.5) is 0 Å². The van der Waals surface area contributed by atoms with E-state index >= 15 is 0 Å². The molecule has 0 amide bonds. The van der Waals surface area contributed by atoms with Gasteiger partial charge in [0, 0.05) is 0 Å². The molecule has 2 bridgehead atoms. The van der Waals surface area contributed by atoms with Crippen LogP contribution in [0.3, 0.4) is 0 Å². The van der Waals surface area contributed by atoms with Crippen molar-refractivity contribution in [2.75, 3.05) is 0 Å². The topological polar surface area (TPSA) is 0 Å². The fourth-order valence-corrected chi connectivity index (χ4v) is 2.74. The van der Waals surface area contributed by atoms with Gasteiger partial charge in [-0.05, 0) is 30.1 Å². The molecule has 4 rings (SSSR count). The van der Waals surface area contributed by atoms with Crippen LogP contribution in [-0.4, -0.2) is 0 Å². The number of allylic oxidation sites excluding steroid dienone is 2. The highest BCUT2D eigenvalue weighted by molar-refractivity contribution is 5.38. The van der Waals surface area contributed by atoms with E-state index in [-0.39, 0.29) is 0 Å². The van der Waals surface area contributed by atoms with Crippen LogP contribution in [0, 0.1) is 23.7 Å². The van der Waals surface area contributed by atoms with Crippen LogP contribution in [0.1, 0.15) is 13.3 Å². The molecule has 0 N–H and O–H groups in total. The average molecular weight is 106 g/mol. The fourth-order valence-electron chi connectivity index (χ4n) is 2.74. The maximum atomic E-state index is 2.50. The maximum absolute atomic E-state index is 2.50. The van der Waals surface area contributed by atoms with E-state index in [1.807, 2.05) is 0 Å². The predicted octanol–water partition coefficient (Wildman–Crippen LogP) is 1.83. The van der Waals surface area contributed by atoms with Gasteiger partial charge in [0.1, 0.15) is 0 Å². The summed E-state index contributed by atoms with van der Waals surface area (Å²) in [6.07, 6.45) is 3.97. The van der Waals surface area contributed by atoms with Crippen molar-refractivity contribution in [3.63, 3.8) is 0 Å². The molecule has 0 aromatic heterocycles. The van der Waals surface area contributed by atoms with Gasteiger partial charge in [0.25, 0.3) is 0 Å². The second-order valence-corrected chi connectivity index (χ2v) is 3.57. The average Bonchev–Trinajstić information content (AvgIpc) is 2.20. The number of hydrogen-bond acceptors (Lipinski definition) is 0. The summed E-state index contributed by atoms with van der Waals surface area (Å²) in [4.78, 5) is 0. The molecule has 42 valence electrons. The Balaban J connectivity index is 2.10. The van der Waals surface area contributed by atoms with Gasteiger partial charge in [0.05, 0.1) is 0 Å². The molecule has 0 heterocycles. The van der Waals surface area contributed by atoms with Gasteiger partial charge in [-0.3, -0.25) is 0 Å². The van der Waals surface area contributed by atoms with Crippen molar-refractivity contribution in [1.82, 2.24) is 0 Å². The van der Waals surface area contributed by atoms with Crippen molar-refractivity contribution >= 4 is 0 Å². The molecule has 0 spiro atoms. The zero-order chi connectivity index (χ0) is 5.30. The van der Waals surface area contributed by atoms with E-state index in [2.05, 4.69) is 13.0 Å². The molecule has 0 radical (unpaired) electrons. The van der Waals surface area contributed by atoms with E-state index in [1.54, 1.807) is 5.57 Å². The molecule has 0 aromatic rings. The highest BCUT2D eigenvalue weighted by Gasteiger charge is 2.61. The minimum Gasteiger partial charge on any atom is -0.0813 e. The van der Waals surface area contributed by atoms with Crippen molar-refractivity contribution in [2.24, 2.45) is 23.7 Å². The van der Waals surface area contributed by atoms with Crippen LogP contribution in [0.5, 0.6) is 0 Å². The van der Waals surface area contributed by atoms with Crippen molar-refractivity contribution in [2.45, 2.75) is 13.3 Å². The lowest BCUT2D eigenvalue weighted by molar-refractivity contribution is 0.521. The predicted molar refractivity (Wildman–Crippen MR) is 32.3 cm³/mol. The lowest BCUT2D eigenvalue weighted by Crippen LogP contribution is -2.06. The largest absolute Gasteiger partial charge is 0.0813 e. The first-order valence-corrected chi connectivity index (χ1v) is 3.58. The van der Waals surface area contributed by atoms with Crippen LogP contribution in [0.15, 0.2) is 11.6 Å². The van der Waals surface area contributed by atoms with E-state index in [0.29, 0.717) is 0 Å². The molecule has 4 aliphatic rings. The third kappa shape index (κ3) is 0.195. The lowest BCUT2D eigenvalue weighted by atomic mass is 9.87. The molecular formula is C8H10. The third-order valence-corrected chi connectivity index (χ3v) is 3.27. The van der Waals surface area contributed by atoms with Crippen LogP contribution in [0.2, 0.25) is 0 Å². The third-order valence-electron chi connectivity index (χ3n) is 3.27. The Morgan fingerprint density at radius 1 is 1.62 bits per heavy atom. The number of hydrogen-bond donors (Lipinski definition) is 0. The van der Waals surface area contributed by atoms with Gasteiger partial charge < -0.3 is 0 Å². The molecule has 4 aliphatic carbocycles. The van der Waals surface area contributed by atoms with Gasteiger partial charge in [0.15, 0.2) is 0 Å². The molecule has 2 fully saturated rings. The Bertz CT molecular complexity index is 178. The minimum absolute atomic E-state index is 1.05. The first-order valence-electron chi connectivity index (χ1n) is 3.58. The van der Waals surface area contributed by atoms with Gasteiger partial charge in [-0.15, -0.1) is 0 Å². The zero-order valence-electron chi connectivity index (χ0n) is 5.09. The summed E-state index contributed by atoms with van der Waals surface area (Å²) in [5.74, 6) is 4.34. The highest BCUT2D eigenvalue weighted by atomic mass is 14.7. The van der Waals surface area contributed by atoms with Crippen LogP contribution < -0.4 is 0 Å². The SMILES string of the molecule is CC1C2C3=CC(C3)C12. The molecule has 2 saturated carbocycles. The van der Waals surface area contributed by atoms with Gasteiger partial charge in [-0.1, -0.05) is 18.6 Å². The van der Waals surface area contributed by atoms with Crippen LogP contribution in [0.25, 0.3) is 0 Å². The van der Waals surface area contributed by atoms with Crippen LogP contribution >= 0.6 is 0 Å². The quantitative estimate of drug-likeness (QED) is 0.413. The molecule has 8 heavy (non-hydrogen) atoms. The van der Waals surface area contributed by atoms with E-state index in [0.717, 1.165) is 23.7 Å². The standard InChI is InChI=1S/C8H10/c1-4-7-5-2-6(3-5)8(4)7/h2,4-5,7-8H,3H2,1H3. The normalized spacial score (nSPS) is 63.9. The minimum atomic E-state index is 1.05. The zero-order valence-corrected chi connectivity index (χ0v) is 5.09. The summed E-state index contributed by atoms with van der Waals surface area (Å²) in [6, 6.07) is 0. The van der Waals surface area contributed by atoms with Crippen LogP contribution in [-0.2, 0) is 0 Å². The molecule has 0 saturated heterocycles. The summed E-state index contributed by atoms with van der Waals surface area (Å²) in [7, 11) is 0. The van der Waals surface area contributed by atoms with E-state index in [4.69, 9.17) is 0 Å². The Kier molecular flexibility index (Phi) is 0.367. The van der Waals surface area contributed by atoms with Crippen molar-refractivity contribution in [1.29, 1.82) is 0 Å². The van der Waals surface area contributed by atoms with E-state index < -0.39 is 0 Å². The summed E-state index contributed by atoms with van der Waals surface area (Å²) in [6.45, 7) is 2.40. The van der Waals surface area contributed by atoms with Gasteiger partial charge in [0.2, 0.25) is 0 Å². The van der Waals surface area contributed by atoms with Crippen molar-refractivity contribution in [3.8, 4) is 0 Å². The summed E-state index contributed by atoms with van der Waals surface area (Å²) < 4.78 is 0. The smallest absolute Gasteiger partial charge is 0.0137 e. The molecule has 4 atom stereocenters. The first-order chi connectivity index (χ1) is 3.88. The maximum Gasteiger partial charge on any atom is -0.0137 e. The lowest BCUT2D eigenvalue weighted by Gasteiger charge is -2.18. The van der Waals surface area contributed by atoms with Gasteiger partial charge in [-0.2, -0.15) is 0 Å². The Hall–Kier alpha value is -0.260. The van der Waals surface area contributed by atoms with Gasteiger partial charge >= 0.3 is 0 Å². The molecule has 0 nitrogen and oxygen atoms in total. The van der Waals surface area contributed by atoms with E-state index in [1.165, 1.54) is 6.42 Å². The fraction of sp³-hybridized carbons (Fsp3) is 0.750. The highest BCUT2D eigenvalue weighted by Crippen LogP contribution is 2.69. The molecule has 0 aliphatic heterocycles. The summed E-state index contributed by atoms with van der Waals surface area (Å²) >= 11 is 0. The summed E-state index contributed by atoms with van der Waals surface area (Å²) in [5, 5.41) is 0. The van der Waals surface area contributed by atoms with Gasteiger partial charge in [-0.25, -0.2) is 0 Å². The van der Waals surface area contributed by atoms with Crippen molar-refractivity contribution < 1.29 is 0 Å². The molecule has 4 unspecified atom stereocenters. The second-order valence-electron chi connectivity index (χ2n) is 3.57. The molecular weight excluding hydrogens is 96.1 g/mol. The molecule has 0 aromatic carbocycles.